The minimum absolute atomic E-state index is 0.521. The second kappa shape index (κ2) is 7.09. The Balaban J connectivity index is 1.96. The number of hydrogen-bond donors (Lipinski definition) is 1. The first-order chi connectivity index (χ1) is 9.24. The molecule has 3 nitrogen and oxygen atoms in total. The van der Waals surface area contributed by atoms with Crippen LogP contribution in [0.1, 0.15) is 57.7 Å². The van der Waals surface area contributed by atoms with Gasteiger partial charge in [0.25, 0.3) is 0 Å². The molecule has 1 heterocycles. The second-order valence-corrected chi connectivity index (χ2v) is 6.11. The Labute approximate surface area is 117 Å². The lowest BCUT2D eigenvalue weighted by Gasteiger charge is -2.31. The zero-order valence-corrected chi connectivity index (χ0v) is 12.7. The van der Waals surface area contributed by atoms with Crippen molar-refractivity contribution in [2.75, 3.05) is 13.6 Å². The Morgan fingerprint density at radius 3 is 2.79 bits per heavy atom. The number of aromatic nitrogens is 2. The summed E-state index contributed by atoms with van der Waals surface area (Å²) in [6.45, 7) is 5.62. The van der Waals surface area contributed by atoms with E-state index >= 15 is 0 Å². The molecule has 3 heteroatoms. The molecule has 1 fully saturated rings. The normalized spacial score (nSPS) is 25.4. The quantitative estimate of drug-likeness (QED) is 0.852. The van der Waals surface area contributed by atoms with Gasteiger partial charge in [-0.1, -0.05) is 19.8 Å². The lowest BCUT2D eigenvalue weighted by Crippen LogP contribution is -2.30. The molecule has 108 valence electrons. The molecule has 1 aliphatic rings. The topological polar surface area (TPSA) is 29.9 Å². The summed E-state index contributed by atoms with van der Waals surface area (Å²) in [7, 11) is 2.07. The minimum Gasteiger partial charge on any atom is -0.319 e. The standard InChI is InChI=1S/C16H29N3/c1-4-13(2)19-10-9-16(18-19)11-14-7-5-6-8-15(14)12-17-3/h9-10,13-15,17H,4-8,11-12H2,1-3H3. The maximum absolute atomic E-state index is 4.77. The number of nitrogens with zero attached hydrogens (tertiary/aromatic N) is 2. The van der Waals surface area contributed by atoms with Gasteiger partial charge < -0.3 is 5.32 Å². The summed E-state index contributed by atoms with van der Waals surface area (Å²) in [5.41, 5.74) is 1.29. The van der Waals surface area contributed by atoms with Crippen LogP contribution in [-0.2, 0) is 6.42 Å². The molecule has 2 rings (SSSR count). The fraction of sp³-hybridized carbons (Fsp3) is 0.812. The highest BCUT2D eigenvalue weighted by atomic mass is 15.3. The van der Waals surface area contributed by atoms with Crippen LogP contribution in [0.15, 0.2) is 12.3 Å². The van der Waals surface area contributed by atoms with Gasteiger partial charge in [-0.2, -0.15) is 5.10 Å². The molecule has 1 aliphatic carbocycles. The number of hydrogen-bond acceptors (Lipinski definition) is 2. The summed E-state index contributed by atoms with van der Waals surface area (Å²) >= 11 is 0. The van der Waals surface area contributed by atoms with Crippen molar-refractivity contribution in [1.29, 1.82) is 0 Å². The first-order valence-electron chi connectivity index (χ1n) is 7.93. The van der Waals surface area contributed by atoms with Gasteiger partial charge in [-0.05, 0) is 64.1 Å². The van der Waals surface area contributed by atoms with Gasteiger partial charge in [0.1, 0.15) is 0 Å². The summed E-state index contributed by atoms with van der Waals surface area (Å²) in [5, 5.41) is 8.13. The van der Waals surface area contributed by atoms with Crippen molar-refractivity contribution in [2.45, 2.75) is 58.4 Å². The van der Waals surface area contributed by atoms with Gasteiger partial charge in [-0.3, -0.25) is 4.68 Å². The van der Waals surface area contributed by atoms with E-state index in [1.165, 1.54) is 31.4 Å². The average molecular weight is 263 g/mol. The second-order valence-electron chi connectivity index (χ2n) is 6.11. The predicted octanol–water partition coefficient (Wildman–Crippen LogP) is 3.42. The van der Waals surface area contributed by atoms with Gasteiger partial charge in [0, 0.05) is 12.2 Å². The first-order valence-corrected chi connectivity index (χ1v) is 7.93. The van der Waals surface area contributed by atoms with Crippen molar-refractivity contribution in [1.82, 2.24) is 15.1 Å². The third kappa shape index (κ3) is 3.82. The van der Waals surface area contributed by atoms with E-state index in [4.69, 9.17) is 5.10 Å². The number of rotatable bonds is 6. The third-order valence-corrected chi connectivity index (χ3v) is 4.71. The zero-order valence-electron chi connectivity index (χ0n) is 12.7. The smallest absolute Gasteiger partial charge is 0.0627 e. The fourth-order valence-electron chi connectivity index (χ4n) is 3.27. The molecule has 0 amide bonds. The van der Waals surface area contributed by atoms with E-state index in [-0.39, 0.29) is 0 Å². The molecule has 1 N–H and O–H groups in total. The van der Waals surface area contributed by atoms with E-state index in [2.05, 4.69) is 43.2 Å². The van der Waals surface area contributed by atoms with Gasteiger partial charge in [0.05, 0.1) is 5.69 Å². The Bertz CT molecular complexity index is 370. The molecular formula is C16H29N3. The van der Waals surface area contributed by atoms with Crippen LogP contribution >= 0.6 is 0 Å². The van der Waals surface area contributed by atoms with Crippen LogP contribution in [0.4, 0.5) is 0 Å². The molecular weight excluding hydrogens is 234 g/mol. The fourth-order valence-corrected chi connectivity index (χ4v) is 3.27. The van der Waals surface area contributed by atoms with Gasteiger partial charge in [0.15, 0.2) is 0 Å². The van der Waals surface area contributed by atoms with Crippen molar-refractivity contribution in [3.8, 4) is 0 Å². The Morgan fingerprint density at radius 1 is 1.37 bits per heavy atom. The van der Waals surface area contributed by atoms with E-state index in [1.807, 2.05) is 0 Å². The highest BCUT2D eigenvalue weighted by molar-refractivity contribution is 5.02. The molecule has 3 unspecified atom stereocenters. The van der Waals surface area contributed by atoms with Crippen molar-refractivity contribution >= 4 is 0 Å². The van der Waals surface area contributed by atoms with Crippen LogP contribution in [0.25, 0.3) is 0 Å². The summed E-state index contributed by atoms with van der Waals surface area (Å²) in [4.78, 5) is 0. The first kappa shape index (κ1) is 14.6. The molecule has 19 heavy (non-hydrogen) atoms. The molecule has 3 atom stereocenters. The van der Waals surface area contributed by atoms with E-state index < -0.39 is 0 Å². The summed E-state index contributed by atoms with van der Waals surface area (Å²) in [5.74, 6) is 1.66. The monoisotopic (exact) mass is 263 g/mol. The molecule has 0 aromatic carbocycles. The average Bonchev–Trinajstić information content (AvgIpc) is 2.89. The lowest BCUT2D eigenvalue weighted by atomic mass is 9.77. The Kier molecular flexibility index (Phi) is 5.44. The van der Waals surface area contributed by atoms with Gasteiger partial charge in [-0.15, -0.1) is 0 Å². The molecule has 1 aromatic heterocycles. The Hall–Kier alpha value is -0.830. The van der Waals surface area contributed by atoms with Crippen LogP contribution in [0.3, 0.4) is 0 Å². The summed E-state index contributed by atoms with van der Waals surface area (Å²) < 4.78 is 2.13. The molecule has 0 radical (unpaired) electrons. The maximum Gasteiger partial charge on any atom is 0.0627 e. The van der Waals surface area contributed by atoms with Gasteiger partial charge in [0.2, 0.25) is 0 Å². The summed E-state index contributed by atoms with van der Waals surface area (Å²) in [6, 6.07) is 2.74. The van der Waals surface area contributed by atoms with Crippen molar-refractivity contribution in [3.05, 3.63) is 18.0 Å². The molecule has 1 aromatic rings. The highest BCUT2D eigenvalue weighted by Crippen LogP contribution is 2.32. The molecule has 0 aliphatic heterocycles. The van der Waals surface area contributed by atoms with Crippen LogP contribution in [0.2, 0.25) is 0 Å². The number of nitrogens with one attached hydrogen (secondary N) is 1. The van der Waals surface area contributed by atoms with Crippen molar-refractivity contribution in [3.63, 3.8) is 0 Å². The van der Waals surface area contributed by atoms with Crippen molar-refractivity contribution < 1.29 is 0 Å². The summed E-state index contributed by atoms with van der Waals surface area (Å²) in [6.07, 6.45) is 10.0. The van der Waals surface area contributed by atoms with E-state index in [9.17, 15) is 0 Å². The minimum atomic E-state index is 0.521. The third-order valence-electron chi connectivity index (χ3n) is 4.71. The van der Waals surface area contributed by atoms with Crippen LogP contribution in [0, 0.1) is 11.8 Å². The predicted molar refractivity (Wildman–Crippen MR) is 80.3 cm³/mol. The van der Waals surface area contributed by atoms with E-state index in [1.54, 1.807) is 0 Å². The largest absolute Gasteiger partial charge is 0.319 e. The Morgan fingerprint density at radius 2 is 2.11 bits per heavy atom. The van der Waals surface area contributed by atoms with E-state index in [0.29, 0.717) is 6.04 Å². The lowest BCUT2D eigenvalue weighted by molar-refractivity contribution is 0.230. The van der Waals surface area contributed by atoms with Crippen LogP contribution in [-0.4, -0.2) is 23.4 Å². The SMILES string of the molecule is CCC(C)n1ccc(CC2CCCCC2CNC)n1. The molecule has 1 saturated carbocycles. The maximum atomic E-state index is 4.77. The highest BCUT2D eigenvalue weighted by Gasteiger charge is 2.25. The van der Waals surface area contributed by atoms with Gasteiger partial charge >= 0.3 is 0 Å². The molecule has 0 bridgehead atoms. The van der Waals surface area contributed by atoms with Crippen LogP contribution in [0.5, 0.6) is 0 Å². The van der Waals surface area contributed by atoms with Gasteiger partial charge in [-0.25, -0.2) is 0 Å². The molecule has 0 saturated heterocycles. The van der Waals surface area contributed by atoms with Crippen molar-refractivity contribution in [2.24, 2.45) is 11.8 Å². The zero-order chi connectivity index (χ0) is 13.7. The molecule has 0 spiro atoms. The van der Waals surface area contributed by atoms with E-state index in [0.717, 1.165) is 31.2 Å². The van der Waals surface area contributed by atoms with Crippen LogP contribution < -0.4 is 5.32 Å².